The molecule has 0 aromatic carbocycles. The van der Waals surface area contributed by atoms with Gasteiger partial charge in [-0.3, -0.25) is 14.3 Å². The van der Waals surface area contributed by atoms with E-state index in [-0.39, 0.29) is 17.8 Å². The van der Waals surface area contributed by atoms with Crippen LogP contribution in [0.5, 0.6) is 0 Å². The van der Waals surface area contributed by atoms with Crippen molar-refractivity contribution < 1.29 is 17.9 Å². The quantitative estimate of drug-likeness (QED) is 0.463. The molecule has 0 bridgehead atoms. The summed E-state index contributed by atoms with van der Waals surface area (Å²) in [6.45, 7) is 3.66. The van der Waals surface area contributed by atoms with Crippen LogP contribution in [0, 0.1) is 0 Å². The van der Waals surface area contributed by atoms with Gasteiger partial charge in [-0.2, -0.15) is 0 Å². The Hall–Kier alpha value is -2.67. The number of hydrogen-bond acceptors (Lipinski definition) is 9. The number of pyridine rings is 1. The number of nitrogens with one attached hydrogen (secondary N) is 1. The lowest BCUT2D eigenvalue weighted by Gasteiger charge is -2.23. The summed E-state index contributed by atoms with van der Waals surface area (Å²) in [6, 6.07) is 5.07. The second-order valence-corrected chi connectivity index (χ2v) is 9.48. The smallest absolute Gasteiger partial charge is 0.240 e. The molecule has 0 aliphatic heterocycles. The Morgan fingerprint density at radius 2 is 1.84 bits per heavy atom. The van der Waals surface area contributed by atoms with E-state index in [0.29, 0.717) is 23.1 Å². The van der Waals surface area contributed by atoms with Crippen molar-refractivity contribution >= 4 is 27.6 Å². The lowest BCUT2D eigenvalue weighted by atomic mass is 10.2. The minimum Gasteiger partial charge on any atom is -0.383 e. The van der Waals surface area contributed by atoms with Gasteiger partial charge in [0.1, 0.15) is 17.0 Å². The molecule has 3 rings (SSSR count). The molecule has 172 valence electrons. The van der Waals surface area contributed by atoms with Gasteiger partial charge >= 0.3 is 0 Å². The zero-order chi connectivity index (χ0) is 23.3. The first-order chi connectivity index (χ1) is 15.3. The maximum atomic E-state index is 13.2. The van der Waals surface area contributed by atoms with E-state index in [1.165, 1.54) is 26.4 Å². The van der Waals surface area contributed by atoms with Gasteiger partial charge in [0.15, 0.2) is 11.6 Å². The summed E-state index contributed by atoms with van der Waals surface area (Å²) in [4.78, 5) is 12.5. The number of aromatic nitrogens is 6. The first-order valence-corrected chi connectivity index (χ1v) is 11.6. The summed E-state index contributed by atoms with van der Waals surface area (Å²) in [6.07, 6.45) is 3.44. The van der Waals surface area contributed by atoms with Crippen LogP contribution in [-0.2, 0) is 19.5 Å². The van der Waals surface area contributed by atoms with Crippen LogP contribution in [0.25, 0.3) is 11.5 Å². The molecule has 11 nitrogen and oxygen atoms in total. The topological polar surface area (TPSA) is 134 Å². The summed E-state index contributed by atoms with van der Waals surface area (Å²) in [5.74, 6) is 0.636. The maximum absolute atomic E-state index is 13.2. The number of nitrogens with zero attached hydrogens (tertiary/aromatic N) is 6. The van der Waals surface area contributed by atoms with Gasteiger partial charge in [-0.1, -0.05) is 17.7 Å². The van der Waals surface area contributed by atoms with E-state index in [1.54, 1.807) is 30.0 Å². The molecule has 32 heavy (non-hydrogen) atoms. The molecular weight excluding hydrogens is 458 g/mol. The second-order valence-electron chi connectivity index (χ2n) is 7.00. The molecule has 0 aliphatic rings. The van der Waals surface area contributed by atoms with Crippen LogP contribution in [0.2, 0.25) is 5.02 Å². The molecule has 0 amide bonds. The number of rotatable bonds is 10. The normalized spacial score (nSPS) is 14.7. The minimum absolute atomic E-state index is 0.0360. The molecule has 3 aromatic rings. The Bertz CT molecular complexity index is 1130. The molecule has 3 aromatic heterocycles. The molecule has 0 fully saturated rings. The fourth-order valence-electron chi connectivity index (χ4n) is 3.12. The number of sulfonamides is 1. The van der Waals surface area contributed by atoms with E-state index >= 15 is 0 Å². The highest BCUT2D eigenvalue weighted by Gasteiger charge is 2.34. The van der Waals surface area contributed by atoms with Crippen LogP contribution in [0.4, 0.5) is 5.95 Å². The molecule has 0 spiro atoms. The highest BCUT2D eigenvalue weighted by Crippen LogP contribution is 2.28. The van der Waals surface area contributed by atoms with E-state index in [1.807, 2.05) is 13.0 Å². The van der Waals surface area contributed by atoms with Crippen molar-refractivity contribution in [3.8, 4) is 11.5 Å². The van der Waals surface area contributed by atoms with Crippen molar-refractivity contribution in [2.45, 2.75) is 31.2 Å². The Labute approximate surface area is 191 Å². The number of hydrogen-bond donors (Lipinski definition) is 1. The lowest BCUT2D eigenvalue weighted by molar-refractivity contribution is 0.0950. The molecule has 13 heteroatoms. The van der Waals surface area contributed by atoms with Crippen molar-refractivity contribution in [3.05, 3.63) is 47.6 Å². The lowest BCUT2D eigenvalue weighted by Crippen LogP contribution is -2.34. The first kappa shape index (κ1) is 24.0. The summed E-state index contributed by atoms with van der Waals surface area (Å²) >= 11 is 5.83. The molecule has 3 heterocycles. The third-order valence-electron chi connectivity index (χ3n) is 4.74. The standard InChI is InChI=1S/C19H24ClN7O4S/c1-12(11-30-3)27-18(15-7-5-6-8-21-15)24-25-19(27)26-32(28,29)13(2)16(31-4)17-22-9-14(20)10-23-17/h5-10,12-13,16H,11H2,1-4H3,(H,25,26)/t12-,13+,16+/m1/s1. The number of anilines is 1. The predicted molar refractivity (Wildman–Crippen MR) is 119 cm³/mol. The molecule has 3 atom stereocenters. The van der Waals surface area contributed by atoms with Gasteiger partial charge in [0, 0.05) is 32.8 Å². The summed E-state index contributed by atoms with van der Waals surface area (Å²) in [5.41, 5.74) is 0.547. The van der Waals surface area contributed by atoms with Crippen LogP contribution < -0.4 is 4.72 Å². The Kier molecular flexibility index (Phi) is 7.72. The van der Waals surface area contributed by atoms with E-state index in [4.69, 9.17) is 21.1 Å². The zero-order valence-corrected chi connectivity index (χ0v) is 19.6. The van der Waals surface area contributed by atoms with E-state index in [9.17, 15) is 8.42 Å². The zero-order valence-electron chi connectivity index (χ0n) is 18.0. The van der Waals surface area contributed by atoms with E-state index in [2.05, 4.69) is 29.9 Å². The van der Waals surface area contributed by atoms with E-state index in [0.717, 1.165) is 0 Å². The van der Waals surface area contributed by atoms with Crippen molar-refractivity contribution in [2.24, 2.45) is 0 Å². The van der Waals surface area contributed by atoms with Gasteiger partial charge in [-0.15, -0.1) is 10.2 Å². The van der Waals surface area contributed by atoms with Crippen LogP contribution in [-0.4, -0.2) is 64.2 Å². The summed E-state index contributed by atoms with van der Waals surface area (Å²) in [7, 11) is -1.05. The third-order valence-corrected chi connectivity index (χ3v) is 6.62. The highest BCUT2D eigenvalue weighted by molar-refractivity contribution is 7.93. The van der Waals surface area contributed by atoms with Crippen molar-refractivity contribution in [1.82, 2.24) is 29.7 Å². The molecular formula is C19H24ClN7O4S. The second kappa shape index (κ2) is 10.3. The number of ether oxygens (including phenoxy) is 2. The monoisotopic (exact) mass is 481 g/mol. The van der Waals surface area contributed by atoms with Gasteiger partial charge < -0.3 is 9.47 Å². The molecule has 1 N–H and O–H groups in total. The predicted octanol–water partition coefficient (Wildman–Crippen LogP) is 2.51. The summed E-state index contributed by atoms with van der Waals surface area (Å²) in [5, 5.41) is 7.51. The van der Waals surface area contributed by atoms with Gasteiger partial charge in [-0.25, -0.2) is 18.4 Å². The fourth-order valence-corrected chi connectivity index (χ4v) is 4.36. The largest absolute Gasteiger partial charge is 0.383 e. The Morgan fingerprint density at radius 1 is 1.12 bits per heavy atom. The average Bonchev–Trinajstić information content (AvgIpc) is 3.19. The Morgan fingerprint density at radius 3 is 2.44 bits per heavy atom. The molecule has 0 aliphatic carbocycles. The highest BCUT2D eigenvalue weighted by atomic mass is 35.5. The first-order valence-electron chi connectivity index (χ1n) is 9.65. The van der Waals surface area contributed by atoms with E-state index < -0.39 is 21.4 Å². The minimum atomic E-state index is -4.00. The van der Waals surface area contributed by atoms with Gasteiger partial charge in [-0.05, 0) is 26.0 Å². The molecule has 0 saturated heterocycles. The average molecular weight is 482 g/mol. The Balaban J connectivity index is 1.95. The van der Waals surface area contributed by atoms with Crippen LogP contribution in [0.15, 0.2) is 36.8 Å². The van der Waals surface area contributed by atoms with Crippen LogP contribution >= 0.6 is 11.6 Å². The van der Waals surface area contributed by atoms with Crippen LogP contribution in [0.3, 0.4) is 0 Å². The molecule has 0 unspecified atom stereocenters. The van der Waals surface area contributed by atoms with Gasteiger partial charge in [0.05, 0.1) is 17.7 Å². The molecule has 0 saturated carbocycles. The number of halogens is 1. The van der Waals surface area contributed by atoms with Gasteiger partial charge in [0.25, 0.3) is 0 Å². The van der Waals surface area contributed by atoms with Crippen LogP contribution in [0.1, 0.15) is 31.8 Å². The summed E-state index contributed by atoms with van der Waals surface area (Å²) < 4.78 is 41.2. The third kappa shape index (κ3) is 5.21. The van der Waals surface area contributed by atoms with Gasteiger partial charge in [0.2, 0.25) is 16.0 Å². The number of methoxy groups -OCH3 is 2. The molecule has 0 radical (unpaired) electrons. The van der Waals surface area contributed by atoms with Crippen molar-refractivity contribution in [3.63, 3.8) is 0 Å². The van der Waals surface area contributed by atoms with Crippen molar-refractivity contribution in [2.75, 3.05) is 25.5 Å². The van der Waals surface area contributed by atoms with Crippen molar-refractivity contribution in [1.29, 1.82) is 0 Å². The SMILES string of the molecule is COC[C@@H](C)n1c(NS(=O)(=O)[C@@H](C)[C@H](OC)c2ncc(Cl)cn2)nnc1-c1ccccn1. The fraction of sp³-hybridized carbons (Fsp3) is 0.421. The maximum Gasteiger partial charge on any atom is 0.240 e.